The first-order chi connectivity index (χ1) is 6.47. The van der Waals surface area contributed by atoms with Gasteiger partial charge in [-0.2, -0.15) is 0 Å². The highest BCUT2D eigenvalue weighted by Crippen LogP contribution is 2.14. The van der Waals surface area contributed by atoms with Crippen LogP contribution in [0.15, 0.2) is 0 Å². The van der Waals surface area contributed by atoms with Crippen LogP contribution in [0.4, 0.5) is 4.79 Å². The molecule has 0 spiro atoms. The monoisotopic (exact) mass is 201 g/mol. The molecule has 0 aliphatic carbocycles. The molecule has 1 N–H and O–H groups in total. The third kappa shape index (κ3) is 5.80. The van der Waals surface area contributed by atoms with Crippen LogP contribution in [0.5, 0.6) is 0 Å². The number of rotatable bonds is 4. The molecule has 0 aromatic heterocycles. The smallest absolute Gasteiger partial charge is 0.407 e. The van der Waals surface area contributed by atoms with Gasteiger partial charge in [-0.1, -0.05) is 0 Å². The minimum atomic E-state index is -0.413. The molecule has 1 amide bonds. The Hall–Kier alpha value is -0.770. The lowest BCUT2D eigenvalue weighted by Gasteiger charge is -2.19. The zero-order valence-corrected chi connectivity index (χ0v) is 9.13. The first-order valence-corrected chi connectivity index (χ1v) is 5.06. The Kier molecular flexibility index (Phi) is 3.75. The minimum absolute atomic E-state index is 0.339. The molecule has 4 heteroatoms. The van der Waals surface area contributed by atoms with E-state index in [1.165, 1.54) is 0 Å². The quantitative estimate of drug-likeness (QED) is 0.556. The van der Waals surface area contributed by atoms with E-state index in [1.54, 1.807) is 0 Å². The summed E-state index contributed by atoms with van der Waals surface area (Å²) in [7, 11) is 0. The second-order valence-corrected chi connectivity index (χ2v) is 4.53. The Morgan fingerprint density at radius 1 is 1.57 bits per heavy atom. The van der Waals surface area contributed by atoms with Crippen LogP contribution in [0.25, 0.3) is 0 Å². The van der Waals surface area contributed by atoms with Gasteiger partial charge < -0.3 is 14.8 Å². The maximum absolute atomic E-state index is 11.2. The Balaban J connectivity index is 1.96. The van der Waals surface area contributed by atoms with E-state index in [4.69, 9.17) is 9.47 Å². The molecule has 14 heavy (non-hydrogen) atoms. The summed E-state index contributed by atoms with van der Waals surface area (Å²) in [6.45, 7) is 7.10. The number of alkyl carbamates (subject to hydrolysis) is 1. The molecule has 1 saturated heterocycles. The molecule has 1 atom stereocenters. The predicted octanol–water partition coefficient (Wildman–Crippen LogP) is 1.69. The van der Waals surface area contributed by atoms with Crippen LogP contribution in [0.2, 0.25) is 0 Å². The predicted molar refractivity (Wildman–Crippen MR) is 53.2 cm³/mol. The normalized spacial score (nSPS) is 20.4. The fourth-order valence-electron chi connectivity index (χ4n) is 1.07. The van der Waals surface area contributed by atoms with E-state index in [1.807, 2.05) is 20.8 Å². The first-order valence-electron chi connectivity index (χ1n) is 5.06. The maximum Gasteiger partial charge on any atom is 0.407 e. The summed E-state index contributed by atoms with van der Waals surface area (Å²) in [4.78, 5) is 11.2. The van der Waals surface area contributed by atoms with Gasteiger partial charge in [0.2, 0.25) is 0 Å². The molecule has 0 aromatic rings. The topological polar surface area (TPSA) is 50.9 Å². The number of hydrogen-bond acceptors (Lipinski definition) is 3. The summed E-state index contributed by atoms with van der Waals surface area (Å²) in [5.74, 6) is 0. The van der Waals surface area contributed by atoms with Crippen molar-refractivity contribution < 1.29 is 14.3 Å². The van der Waals surface area contributed by atoms with Crippen molar-refractivity contribution in [3.05, 3.63) is 0 Å². The summed E-state index contributed by atoms with van der Waals surface area (Å²) < 4.78 is 10.1. The van der Waals surface area contributed by atoms with Crippen LogP contribution in [0.3, 0.4) is 0 Å². The minimum Gasteiger partial charge on any atom is -0.444 e. The van der Waals surface area contributed by atoms with Crippen molar-refractivity contribution in [2.45, 2.75) is 45.3 Å². The molecule has 1 aliphatic rings. The number of epoxide rings is 1. The Bertz CT molecular complexity index is 194. The lowest BCUT2D eigenvalue weighted by atomic mass is 10.2. The van der Waals surface area contributed by atoms with Gasteiger partial charge in [0.1, 0.15) is 5.60 Å². The molecule has 0 saturated carbocycles. The summed E-state index contributed by atoms with van der Waals surface area (Å²) in [6.07, 6.45) is 2.07. The Morgan fingerprint density at radius 2 is 2.21 bits per heavy atom. The molecule has 1 fully saturated rings. The lowest BCUT2D eigenvalue weighted by molar-refractivity contribution is 0.0526. The highest BCUT2D eigenvalue weighted by atomic mass is 16.6. The molecule has 1 aliphatic heterocycles. The summed E-state index contributed by atoms with van der Waals surface area (Å²) in [5.41, 5.74) is -0.413. The molecule has 0 bridgehead atoms. The zero-order valence-electron chi connectivity index (χ0n) is 9.13. The third-order valence-electron chi connectivity index (χ3n) is 1.77. The van der Waals surface area contributed by atoms with Gasteiger partial charge in [0, 0.05) is 6.54 Å². The van der Waals surface area contributed by atoms with Crippen molar-refractivity contribution in [1.29, 1.82) is 0 Å². The van der Waals surface area contributed by atoms with E-state index in [2.05, 4.69) is 5.32 Å². The average Bonchev–Trinajstić information content (AvgIpc) is 2.77. The molecular weight excluding hydrogens is 182 g/mol. The molecule has 1 heterocycles. The lowest BCUT2D eigenvalue weighted by Crippen LogP contribution is -2.33. The van der Waals surface area contributed by atoms with E-state index in [9.17, 15) is 4.79 Å². The molecule has 82 valence electrons. The van der Waals surface area contributed by atoms with Gasteiger partial charge in [-0.15, -0.1) is 0 Å². The number of carbonyl (C=O) groups excluding carboxylic acids is 1. The Morgan fingerprint density at radius 3 is 2.71 bits per heavy atom. The fourth-order valence-corrected chi connectivity index (χ4v) is 1.07. The zero-order chi connectivity index (χ0) is 10.6. The molecule has 0 radical (unpaired) electrons. The third-order valence-corrected chi connectivity index (χ3v) is 1.77. The number of carbonyl (C=O) groups is 1. The molecular formula is C10H19NO3. The number of amides is 1. The highest BCUT2D eigenvalue weighted by molar-refractivity contribution is 5.67. The summed E-state index contributed by atoms with van der Waals surface area (Å²) >= 11 is 0. The first kappa shape index (κ1) is 11.3. The van der Waals surface area contributed by atoms with Gasteiger partial charge in [0.05, 0.1) is 12.7 Å². The standard InChI is InChI=1S/C10H19NO3/c1-10(2,3)14-9(12)11-6-4-5-8-7-13-8/h8H,4-7H2,1-3H3,(H,11,12)/t8-/m1/s1. The van der Waals surface area contributed by atoms with Gasteiger partial charge in [-0.05, 0) is 33.6 Å². The van der Waals surface area contributed by atoms with Crippen molar-refractivity contribution in [3.63, 3.8) is 0 Å². The van der Waals surface area contributed by atoms with Crippen LogP contribution in [0, 0.1) is 0 Å². The SMILES string of the molecule is CC(C)(C)OC(=O)NCCC[C@@H]1CO1. The van der Waals surface area contributed by atoms with Crippen LogP contribution in [-0.4, -0.2) is 30.9 Å². The van der Waals surface area contributed by atoms with Crippen molar-refractivity contribution in [2.75, 3.05) is 13.2 Å². The van der Waals surface area contributed by atoms with Gasteiger partial charge in [-0.3, -0.25) is 0 Å². The largest absolute Gasteiger partial charge is 0.444 e. The van der Waals surface area contributed by atoms with Crippen molar-refractivity contribution in [2.24, 2.45) is 0 Å². The average molecular weight is 201 g/mol. The molecule has 1 rings (SSSR count). The van der Waals surface area contributed by atoms with Gasteiger partial charge in [0.15, 0.2) is 0 Å². The Labute approximate surface area is 85.0 Å². The van der Waals surface area contributed by atoms with Gasteiger partial charge in [-0.25, -0.2) is 4.79 Å². The fraction of sp³-hybridized carbons (Fsp3) is 0.900. The van der Waals surface area contributed by atoms with Crippen molar-refractivity contribution >= 4 is 6.09 Å². The van der Waals surface area contributed by atoms with Gasteiger partial charge in [0.25, 0.3) is 0 Å². The van der Waals surface area contributed by atoms with Crippen molar-refractivity contribution in [3.8, 4) is 0 Å². The number of hydrogen-bond donors (Lipinski definition) is 1. The van der Waals surface area contributed by atoms with Crippen LogP contribution >= 0.6 is 0 Å². The summed E-state index contributed by atoms with van der Waals surface area (Å²) in [5, 5.41) is 2.71. The van der Waals surface area contributed by atoms with Crippen LogP contribution < -0.4 is 5.32 Å². The van der Waals surface area contributed by atoms with Gasteiger partial charge >= 0.3 is 6.09 Å². The van der Waals surface area contributed by atoms with E-state index in [0.29, 0.717) is 12.6 Å². The van der Waals surface area contributed by atoms with E-state index in [0.717, 1.165) is 19.4 Å². The highest BCUT2D eigenvalue weighted by Gasteiger charge is 2.21. The molecule has 4 nitrogen and oxygen atoms in total. The summed E-state index contributed by atoms with van der Waals surface area (Å²) in [6, 6.07) is 0. The van der Waals surface area contributed by atoms with Crippen LogP contribution in [0.1, 0.15) is 33.6 Å². The van der Waals surface area contributed by atoms with E-state index < -0.39 is 5.60 Å². The number of nitrogens with one attached hydrogen (secondary N) is 1. The molecule has 0 unspecified atom stereocenters. The second-order valence-electron chi connectivity index (χ2n) is 4.53. The number of ether oxygens (including phenoxy) is 2. The van der Waals surface area contributed by atoms with Crippen LogP contribution in [-0.2, 0) is 9.47 Å². The molecule has 0 aromatic carbocycles. The van der Waals surface area contributed by atoms with Crippen molar-refractivity contribution in [1.82, 2.24) is 5.32 Å². The van der Waals surface area contributed by atoms with E-state index >= 15 is 0 Å². The second kappa shape index (κ2) is 4.64. The maximum atomic E-state index is 11.2. The van der Waals surface area contributed by atoms with E-state index in [-0.39, 0.29) is 6.09 Å².